The Kier molecular flexibility index (Phi) is 6.17. The predicted octanol–water partition coefficient (Wildman–Crippen LogP) is 2.42. The molecular formula is C18H30ClN3O3. The SMILES string of the molecule is CO[C@H]1C[C@@H](C(=O)N2CCc3oc(C(C)(C)C)nc3C2)CC[C@@H]1N.Cl. The number of ether oxygens (including phenoxy) is 1. The van der Waals surface area contributed by atoms with E-state index in [0.29, 0.717) is 19.5 Å². The molecule has 0 radical (unpaired) electrons. The molecule has 2 aliphatic rings. The first-order chi connectivity index (χ1) is 11.3. The van der Waals surface area contributed by atoms with Crippen molar-refractivity contribution in [2.45, 2.75) is 70.6 Å². The summed E-state index contributed by atoms with van der Waals surface area (Å²) in [4.78, 5) is 19.5. The second-order valence-electron chi connectivity index (χ2n) is 8.10. The van der Waals surface area contributed by atoms with Crippen molar-refractivity contribution in [3.05, 3.63) is 17.3 Å². The fourth-order valence-electron chi connectivity index (χ4n) is 3.61. The Balaban J connectivity index is 0.00000225. The molecule has 0 bridgehead atoms. The predicted molar refractivity (Wildman–Crippen MR) is 97.7 cm³/mol. The maximum absolute atomic E-state index is 12.9. The molecule has 1 amide bonds. The molecule has 2 N–H and O–H groups in total. The highest BCUT2D eigenvalue weighted by atomic mass is 35.5. The Bertz CT molecular complexity index is 611. The van der Waals surface area contributed by atoms with Gasteiger partial charge in [0.05, 0.1) is 12.6 Å². The van der Waals surface area contributed by atoms with Crippen LogP contribution in [0, 0.1) is 5.92 Å². The fraction of sp³-hybridized carbons (Fsp3) is 0.778. The van der Waals surface area contributed by atoms with Gasteiger partial charge in [-0.1, -0.05) is 20.8 Å². The topological polar surface area (TPSA) is 81.6 Å². The largest absolute Gasteiger partial charge is 0.445 e. The van der Waals surface area contributed by atoms with Gasteiger partial charge in [-0.2, -0.15) is 0 Å². The normalized spacial score (nSPS) is 26.8. The quantitative estimate of drug-likeness (QED) is 0.863. The summed E-state index contributed by atoms with van der Waals surface area (Å²) < 4.78 is 11.4. The third-order valence-electron chi connectivity index (χ3n) is 5.18. The van der Waals surface area contributed by atoms with Crippen molar-refractivity contribution >= 4 is 18.3 Å². The zero-order chi connectivity index (χ0) is 17.5. The summed E-state index contributed by atoms with van der Waals surface area (Å²) in [6.45, 7) is 7.51. The standard InChI is InChI=1S/C18H29N3O3.ClH/c1-18(2,3)17-20-13-10-21(8-7-14(13)24-17)16(22)11-5-6-12(19)15(9-11)23-4;/h11-12,15H,5-10,19H2,1-4H3;1H/t11-,12-,15-;/m0./s1. The number of rotatable bonds is 2. The molecule has 2 heterocycles. The van der Waals surface area contributed by atoms with Crippen LogP contribution in [-0.2, 0) is 27.9 Å². The molecule has 1 aliphatic heterocycles. The maximum atomic E-state index is 12.9. The molecule has 7 heteroatoms. The number of methoxy groups -OCH3 is 1. The summed E-state index contributed by atoms with van der Waals surface area (Å²) in [5.74, 6) is 1.90. The van der Waals surface area contributed by atoms with Gasteiger partial charge >= 0.3 is 0 Å². The van der Waals surface area contributed by atoms with Gasteiger partial charge in [0.15, 0.2) is 5.89 Å². The van der Waals surface area contributed by atoms with Crippen LogP contribution in [0.25, 0.3) is 0 Å². The zero-order valence-corrected chi connectivity index (χ0v) is 16.4. The van der Waals surface area contributed by atoms with E-state index in [0.717, 1.165) is 36.6 Å². The number of halogens is 1. The first kappa shape index (κ1) is 20.2. The van der Waals surface area contributed by atoms with Crippen molar-refractivity contribution < 1.29 is 13.9 Å². The van der Waals surface area contributed by atoms with E-state index >= 15 is 0 Å². The summed E-state index contributed by atoms with van der Waals surface area (Å²) in [6.07, 6.45) is 3.12. The van der Waals surface area contributed by atoms with Crippen LogP contribution in [0.5, 0.6) is 0 Å². The van der Waals surface area contributed by atoms with E-state index in [1.165, 1.54) is 0 Å². The van der Waals surface area contributed by atoms with Gasteiger partial charge in [0.2, 0.25) is 5.91 Å². The average Bonchev–Trinajstić information content (AvgIpc) is 2.98. The maximum Gasteiger partial charge on any atom is 0.226 e. The molecule has 0 unspecified atom stereocenters. The van der Waals surface area contributed by atoms with Crippen LogP contribution in [0.2, 0.25) is 0 Å². The molecule has 1 aromatic heterocycles. The van der Waals surface area contributed by atoms with E-state index in [9.17, 15) is 4.79 Å². The van der Waals surface area contributed by atoms with Crippen LogP contribution >= 0.6 is 12.4 Å². The second kappa shape index (κ2) is 7.64. The third kappa shape index (κ3) is 4.18. The van der Waals surface area contributed by atoms with E-state index in [-0.39, 0.29) is 41.8 Å². The highest BCUT2D eigenvalue weighted by molar-refractivity contribution is 5.85. The lowest BCUT2D eigenvalue weighted by atomic mass is 9.83. The van der Waals surface area contributed by atoms with Gasteiger partial charge in [0, 0.05) is 37.5 Å². The Hall–Kier alpha value is -1.11. The Morgan fingerprint density at radius 2 is 2.08 bits per heavy atom. The summed E-state index contributed by atoms with van der Waals surface area (Å²) in [6, 6.07) is 0.0388. The van der Waals surface area contributed by atoms with Gasteiger partial charge in [-0.05, 0) is 19.3 Å². The van der Waals surface area contributed by atoms with Gasteiger partial charge in [-0.25, -0.2) is 4.98 Å². The zero-order valence-electron chi connectivity index (χ0n) is 15.6. The molecule has 0 spiro atoms. The van der Waals surface area contributed by atoms with Gasteiger partial charge in [0.25, 0.3) is 0 Å². The van der Waals surface area contributed by atoms with Crippen molar-refractivity contribution in [1.29, 1.82) is 0 Å². The molecule has 1 aromatic rings. The van der Waals surface area contributed by atoms with Crippen molar-refractivity contribution in [3.63, 3.8) is 0 Å². The van der Waals surface area contributed by atoms with E-state index < -0.39 is 0 Å². The number of hydrogen-bond acceptors (Lipinski definition) is 5. The van der Waals surface area contributed by atoms with Crippen molar-refractivity contribution in [1.82, 2.24) is 9.88 Å². The molecule has 0 saturated heterocycles. The number of carbonyl (C=O) groups is 1. The molecule has 3 rings (SSSR count). The lowest BCUT2D eigenvalue weighted by Gasteiger charge is -2.36. The molecule has 1 aliphatic carbocycles. The van der Waals surface area contributed by atoms with Crippen LogP contribution in [0.3, 0.4) is 0 Å². The lowest BCUT2D eigenvalue weighted by Crippen LogP contribution is -2.47. The van der Waals surface area contributed by atoms with E-state index in [1.54, 1.807) is 7.11 Å². The Morgan fingerprint density at radius 1 is 1.36 bits per heavy atom. The number of hydrogen-bond donors (Lipinski definition) is 1. The van der Waals surface area contributed by atoms with Crippen molar-refractivity contribution in [3.8, 4) is 0 Å². The van der Waals surface area contributed by atoms with Gasteiger partial charge in [-0.15, -0.1) is 12.4 Å². The molecular weight excluding hydrogens is 342 g/mol. The summed E-state index contributed by atoms with van der Waals surface area (Å²) in [7, 11) is 1.67. The first-order valence-corrected chi connectivity index (χ1v) is 8.86. The van der Waals surface area contributed by atoms with Crippen molar-refractivity contribution in [2.24, 2.45) is 11.7 Å². The smallest absolute Gasteiger partial charge is 0.226 e. The van der Waals surface area contributed by atoms with E-state index in [1.807, 2.05) is 4.90 Å². The molecule has 6 nitrogen and oxygen atoms in total. The second-order valence-corrected chi connectivity index (χ2v) is 8.10. The number of amides is 1. The lowest BCUT2D eigenvalue weighted by molar-refractivity contribution is -0.139. The molecule has 1 saturated carbocycles. The number of carbonyl (C=O) groups excluding carboxylic acids is 1. The first-order valence-electron chi connectivity index (χ1n) is 8.86. The van der Waals surface area contributed by atoms with Crippen LogP contribution in [-0.4, -0.2) is 41.6 Å². The van der Waals surface area contributed by atoms with Gasteiger partial charge in [-0.3, -0.25) is 4.79 Å². The molecule has 142 valence electrons. The average molecular weight is 372 g/mol. The highest BCUT2D eigenvalue weighted by Gasteiger charge is 2.36. The number of fused-ring (bicyclic) bond motifs is 1. The summed E-state index contributed by atoms with van der Waals surface area (Å²) in [5, 5.41) is 0. The summed E-state index contributed by atoms with van der Waals surface area (Å²) >= 11 is 0. The third-order valence-corrected chi connectivity index (χ3v) is 5.18. The van der Waals surface area contributed by atoms with Gasteiger partial charge < -0.3 is 19.8 Å². The minimum atomic E-state index is -0.114. The number of nitrogens with two attached hydrogens (primary N) is 1. The van der Waals surface area contributed by atoms with Crippen molar-refractivity contribution in [2.75, 3.05) is 13.7 Å². The highest BCUT2D eigenvalue weighted by Crippen LogP contribution is 2.31. The van der Waals surface area contributed by atoms with Crippen LogP contribution in [0.15, 0.2) is 4.42 Å². The van der Waals surface area contributed by atoms with Crippen LogP contribution in [0.4, 0.5) is 0 Å². The molecule has 3 atom stereocenters. The fourth-order valence-corrected chi connectivity index (χ4v) is 3.61. The van der Waals surface area contributed by atoms with Crippen LogP contribution in [0.1, 0.15) is 57.4 Å². The van der Waals surface area contributed by atoms with Gasteiger partial charge in [0.1, 0.15) is 11.5 Å². The number of aromatic nitrogens is 1. The van der Waals surface area contributed by atoms with E-state index in [4.69, 9.17) is 14.9 Å². The van der Waals surface area contributed by atoms with Crippen LogP contribution < -0.4 is 5.73 Å². The monoisotopic (exact) mass is 371 g/mol. The number of nitrogens with zero attached hydrogens (tertiary/aromatic N) is 2. The Morgan fingerprint density at radius 3 is 2.72 bits per heavy atom. The minimum Gasteiger partial charge on any atom is -0.445 e. The molecule has 1 fully saturated rings. The summed E-state index contributed by atoms with van der Waals surface area (Å²) in [5.41, 5.74) is 6.86. The number of oxazole rings is 1. The Labute approximate surface area is 155 Å². The minimum absolute atomic E-state index is 0. The molecule has 0 aromatic carbocycles. The van der Waals surface area contributed by atoms with E-state index in [2.05, 4.69) is 25.8 Å². The molecule has 25 heavy (non-hydrogen) atoms.